The molecule has 0 radical (unpaired) electrons. The fraction of sp³-hybridized carbons (Fsp3) is 0.556. The van der Waals surface area contributed by atoms with Crippen molar-refractivity contribution in [2.45, 2.75) is 26.8 Å². The van der Waals surface area contributed by atoms with Crippen molar-refractivity contribution in [2.24, 2.45) is 5.92 Å². The molecule has 132 valence electrons. The lowest BCUT2D eigenvalue weighted by atomic mass is 10.0. The maximum Gasteiger partial charge on any atom is 0.245 e. The maximum absolute atomic E-state index is 12.7. The van der Waals surface area contributed by atoms with Gasteiger partial charge in [0.15, 0.2) is 0 Å². The Morgan fingerprint density at radius 3 is 2.29 bits per heavy atom. The first-order chi connectivity index (χ1) is 11.4. The van der Waals surface area contributed by atoms with Crippen LogP contribution in [0.15, 0.2) is 24.3 Å². The van der Waals surface area contributed by atoms with Gasteiger partial charge in [0.25, 0.3) is 0 Å². The van der Waals surface area contributed by atoms with Gasteiger partial charge in [-0.2, -0.15) is 0 Å². The highest BCUT2D eigenvalue weighted by atomic mass is 16.5. The molecule has 1 aliphatic heterocycles. The zero-order chi connectivity index (χ0) is 17.7. The van der Waals surface area contributed by atoms with E-state index in [1.54, 1.807) is 7.11 Å². The quantitative estimate of drug-likeness (QED) is 0.887. The number of carbonyl (C=O) groups excluding carboxylic acids is 2. The molecule has 1 aromatic rings. The fourth-order valence-corrected chi connectivity index (χ4v) is 2.99. The number of benzene rings is 1. The Balaban J connectivity index is 2.01. The van der Waals surface area contributed by atoms with Crippen LogP contribution in [0.5, 0.6) is 5.75 Å². The van der Waals surface area contributed by atoms with Crippen molar-refractivity contribution in [3.63, 3.8) is 0 Å². The van der Waals surface area contributed by atoms with Gasteiger partial charge in [0.2, 0.25) is 11.8 Å². The van der Waals surface area contributed by atoms with Crippen molar-refractivity contribution in [1.82, 2.24) is 10.2 Å². The number of methoxy groups -OCH3 is 1. The van der Waals surface area contributed by atoms with Gasteiger partial charge in [-0.15, -0.1) is 0 Å². The molecule has 1 aliphatic rings. The van der Waals surface area contributed by atoms with Gasteiger partial charge >= 0.3 is 0 Å². The summed E-state index contributed by atoms with van der Waals surface area (Å²) in [5.41, 5.74) is 1.05. The largest absolute Gasteiger partial charge is 0.495 e. The van der Waals surface area contributed by atoms with E-state index >= 15 is 0 Å². The van der Waals surface area contributed by atoms with Crippen LogP contribution in [0.25, 0.3) is 0 Å². The van der Waals surface area contributed by atoms with Gasteiger partial charge in [-0.05, 0) is 18.1 Å². The number of ether oxygens (including phenoxy) is 1. The van der Waals surface area contributed by atoms with E-state index in [1.807, 2.05) is 43.0 Å². The van der Waals surface area contributed by atoms with Crippen LogP contribution in [-0.4, -0.2) is 56.0 Å². The van der Waals surface area contributed by atoms with Crippen molar-refractivity contribution < 1.29 is 14.3 Å². The number of hydrogen-bond donors (Lipinski definition) is 1. The number of anilines is 1. The highest BCUT2D eigenvalue weighted by Crippen LogP contribution is 2.28. The smallest absolute Gasteiger partial charge is 0.245 e. The molecular weight excluding hydrogens is 306 g/mol. The van der Waals surface area contributed by atoms with E-state index in [4.69, 9.17) is 4.74 Å². The number of hydrogen-bond acceptors (Lipinski definition) is 4. The summed E-state index contributed by atoms with van der Waals surface area (Å²) in [6.45, 7) is 8.11. The summed E-state index contributed by atoms with van der Waals surface area (Å²) < 4.78 is 5.42. The highest BCUT2D eigenvalue weighted by Gasteiger charge is 2.30. The minimum absolute atomic E-state index is 0.000114. The van der Waals surface area contributed by atoms with Gasteiger partial charge < -0.3 is 19.9 Å². The van der Waals surface area contributed by atoms with Crippen LogP contribution < -0.4 is 15.0 Å². The lowest BCUT2D eigenvalue weighted by molar-refractivity contribution is -0.137. The summed E-state index contributed by atoms with van der Waals surface area (Å²) in [7, 11) is 1.67. The summed E-state index contributed by atoms with van der Waals surface area (Å²) >= 11 is 0. The Labute approximate surface area is 143 Å². The second-order valence-electron chi connectivity index (χ2n) is 6.41. The lowest BCUT2D eigenvalue weighted by Gasteiger charge is -2.38. The normalized spacial score (nSPS) is 16.0. The van der Waals surface area contributed by atoms with E-state index in [1.165, 1.54) is 6.92 Å². The molecule has 0 aromatic heterocycles. The predicted octanol–water partition coefficient (Wildman–Crippen LogP) is 1.50. The second kappa shape index (κ2) is 8.04. The van der Waals surface area contributed by atoms with Crippen LogP contribution in [0.2, 0.25) is 0 Å². The average Bonchev–Trinajstić information content (AvgIpc) is 2.59. The van der Waals surface area contributed by atoms with Crippen molar-refractivity contribution in [3.8, 4) is 5.75 Å². The van der Waals surface area contributed by atoms with Crippen LogP contribution in [-0.2, 0) is 9.59 Å². The molecule has 1 fully saturated rings. The Morgan fingerprint density at radius 1 is 1.12 bits per heavy atom. The van der Waals surface area contributed by atoms with E-state index in [9.17, 15) is 9.59 Å². The standard InChI is InChI=1S/C18H27N3O3/c1-13(2)17(19-14(3)22)18(23)21-11-9-20(10-12-21)15-7-5-6-8-16(15)24-4/h5-8,13,17H,9-12H2,1-4H3,(H,19,22). The van der Waals surface area contributed by atoms with E-state index in [2.05, 4.69) is 10.2 Å². The molecule has 1 N–H and O–H groups in total. The molecule has 6 heteroatoms. The Kier molecular flexibility index (Phi) is 6.06. The van der Waals surface area contributed by atoms with Gasteiger partial charge in [0.05, 0.1) is 12.8 Å². The molecule has 1 unspecified atom stereocenters. The van der Waals surface area contributed by atoms with E-state index < -0.39 is 6.04 Å². The third kappa shape index (κ3) is 4.19. The number of rotatable bonds is 5. The third-order valence-electron chi connectivity index (χ3n) is 4.31. The molecule has 1 atom stereocenters. The number of para-hydroxylation sites is 2. The minimum atomic E-state index is -0.458. The molecule has 0 bridgehead atoms. The minimum Gasteiger partial charge on any atom is -0.495 e. The molecular formula is C18H27N3O3. The molecule has 2 amide bonds. The van der Waals surface area contributed by atoms with Crippen LogP contribution in [0.4, 0.5) is 5.69 Å². The number of carbonyl (C=O) groups is 2. The van der Waals surface area contributed by atoms with Crippen LogP contribution >= 0.6 is 0 Å². The summed E-state index contributed by atoms with van der Waals surface area (Å²) in [6.07, 6.45) is 0. The maximum atomic E-state index is 12.7. The first-order valence-electron chi connectivity index (χ1n) is 8.38. The SMILES string of the molecule is COc1ccccc1N1CCN(C(=O)C(NC(C)=O)C(C)C)CC1. The van der Waals surface area contributed by atoms with Gasteiger partial charge in [-0.1, -0.05) is 26.0 Å². The lowest BCUT2D eigenvalue weighted by Crippen LogP contribution is -2.56. The summed E-state index contributed by atoms with van der Waals surface area (Å²) in [5, 5.41) is 2.77. The summed E-state index contributed by atoms with van der Waals surface area (Å²) in [6, 6.07) is 7.45. The molecule has 1 aromatic carbocycles. The topological polar surface area (TPSA) is 61.9 Å². The highest BCUT2D eigenvalue weighted by molar-refractivity contribution is 5.87. The van der Waals surface area contributed by atoms with E-state index in [-0.39, 0.29) is 17.7 Å². The first kappa shape index (κ1) is 18.1. The predicted molar refractivity (Wildman–Crippen MR) is 94.2 cm³/mol. The average molecular weight is 333 g/mol. The van der Waals surface area contributed by atoms with Crippen LogP contribution in [0.1, 0.15) is 20.8 Å². The fourth-order valence-electron chi connectivity index (χ4n) is 2.99. The molecule has 6 nitrogen and oxygen atoms in total. The number of amides is 2. The molecule has 1 saturated heterocycles. The zero-order valence-corrected chi connectivity index (χ0v) is 14.9. The second-order valence-corrected chi connectivity index (χ2v) is 6.41. The Hall–Kier alpha value is -2.24. The summed E-state index contributed by atoms with van der Waals surface area (Å²) in [4.78, 5) is 28.1. The van der Waals surface area contributed by atoms with Crippen molar-refractivity contribution >= 4 is 17.5 Å². The number of nitrogens with one attached hydrogen (secondary N) is 1. The first-order valence-corrected chi connectivity index (χ1v) is 8.38. The molecule has 2 rings (SSSR count). The van der Waals surface area contributed by atoms with Gasteiger partial charge in [0.1, 0.15) is 11.8 Å². The van der Waals surface area contributed by atoms with Gasteiger partial charge in [-0.3, -0.25) is 9.59 Å². The molecule has 24 heavy (non-hydrogen) atoms. The molecule has 0 spiro atoms. The van der Waals surface area contributed by atoms with E-state index in [0.29, 0.717) is 13.1 Å². The number of nitrogens with zero attached hydrogens (tertiary/aromatic N) is 2. The van der Waals surface area contributed by atoms with Crippen LogP contribution in [0, 0.1) is 5.92 Å². The van der Waals surface area contributed by atoms with Crippen molar-refractivity contribution in [3.05, 3.63) is 24.3 Å². The van der Waals surface area contributed by atoms with Gasteiger partial charge in [0, 0.05) is 33.1 Å². The van der Waals surface area contributed by atoms with Crippen molar-refractivity contribution in [1.29, 1.82) is 0 Å². The molecule has 0 saturated carbocycles. The molecule has 0 aliphatic carbocycles. The van der Waals surface area contributed by atoms with E-state index in [0.717, 1.165) is 24.5 Å². The van der Waals surface area contributed by atoms with Crippen LogP contribution in [0.3, 0.4) is 0 Å². The van der Waals surface area contributed by atoms with Crippen molar-refractivity contribution in [2.75, 3.05) is 38.2 Å². The number of piperazine rings is 1. The zero-order valence-electron chi connectivity index (χ0n) is 14.9. The summed E-state index contributed by atoms with van der Waals surface area (Å²) in [5.74, 6) is 0.735. The van der Waals surface area contributed by atoms with Gasteiger partial charge in [-0.25, -0.2) is 0 Å². The third-order valence-corrected chi connectivity index (χ3v) is 4.31. The molecule has 1 heterocycles. The Bertz CT molecular complexity index is 581. The monoisotopic (exact) mass is 333 g/mol. The Morgan fingerprint density at radius 2 is 1.75 bits per heavy atom.